The van der Waals surface area contributed by atoms with E-state index in [1.165, 1.54) is 11.0 Å². The van der Waals surface area contributed by atoms with Crippen LogP contribution < -0.4 is 0 Å². The minimum Gasteiger partial charge on any atom is -0.439 e. The van der Waals surface area contributed by atoms with Crippen LogP contribution in [-0.4, -0.2) is 28.6 Å². The number of ether oxygens (including phenoxy) is 1. The molecule has 1 fully saturated rings. The van der Waals surface area contributed by atoms with E-state index in [-0.39, 0.29) is 23.3 Å². The first-order chi connectivity index (χ1) is 15.6. The highest BCUT2D eigenvalue weighted by molar-refractivity contribution is 6.29. The maximum Gasteiger partial charge on any atom is 0.417 e. The van der Waals surface area contributed by atoms with E-state index in [0.717, 1.165) is 12.1 Å². The number of aromatic nitrogens is 1. The zero-order valence-corrected chi connectivity index (χ0v) is 17.2. The molecule has 4 rings (SSSR count). The Balaban J connectivity index is 0.000000248. The Kier molecular flexibility index (Phi) is 6.80. The third kappa shape index (κ3) is 5.75. The zero-order chi connectivity index (χ0) is 25.5. The molecule has 1 aromatic carbocycles. The van der Waals surface area contributed by atoms with Crippen molar-refractivity contribution in [2.75, 3.05) is 6.54 Å². The molecule has 3 heterocycles. The first-order valence-electron chi connectivity index (χ1n) is 9.19. The minimum atomic E-state index is -4.94. The molecule has 0 bridgehead atoms. The monoisotopic (exact) mass is 518 g/mol. The number of fused-ring (bicyclic) bond motifs is 1. The third-order valence-electron chi connectivity index (χ3n) is 4.76. The number of rotatable bonds is 1. The molecular formula is C20H12ClF9N2O2. The summed E-state index contributed by atoms with van der Waals surface area (Å²) in [5.74, 6) is 0. The smallest absolute Gasteiger partial charge is 0.417 e. The Hall–Kier alpha value is -2.96. The number of cyclic esters (lactones) is 1. The number of alkyl halides is 9. The molecular weight excluding hydrogens is 507 g/mol. The molecule has 2 atom stereocenters. The molecule has 2 aliphatic rings. The predicted molar refractivity (Wildman–Crippen MR) is 99.6 cm³/mol. The Morgan fingerprint density at radius 1 is 0.882 bits per heavy atom. The van der Waals surface area contributed by atoms with Crippen LogP contribution in [0.3, 0.4) is 0 Å². The summed E-state index contributed by atoms with van der Waals surface area (Å²) < 4.78 is 118. The number of hydrogen-bond acceptors (Lipinski definition) is 3. The second-order valence-corrected chi connectivity index (χ2v) is 7.47. The van der Waals surface area contributed by atoms with Crippen LogP contribution in [0.4, 0.5) is 44.3 Å². The van der Waals surface area contributed by atoms with Gasteiger partial charge in [-0.25, -0.2) is 9.78 Å². The quantitative estimate of drug-likeness (QED) is 0.234. The van der Waals surface area contributed by atoms with Crippen LogP contribution in [0.1, 0.15) is 28.4 Å². The van der Waals surface area contributed by atoms with E-state index in [1.807, 2.05) is 0 Å². The maximum absolute atomic E-state index is 12.9. The van der Waals surface area contributed by atoms with E-state index >= 15 is 0 Å². The molecule has 1 aromatic heterocycles. The fourth-order valence-corrected chi connectivity index (χ4v) is 3.31. The van der Waals surface area contributed by atoms with Crippen molar-refractivity contribution >= 4 is 17.7 Å². The molecule has 184 valence electrons. The summed E-state index contributed by atoms with van der Waals surface area (Å²) in [5.41, 5.74) is -3.99. The van der Waals surface area contributed by atoms with Crippen molar-refractivity contribution in [3.8, 4) is 0 Å². The molecule has 2 aromatic rings. The van der Waals surface area contributed by atoms with Crippen LogP contribution in [0.15, 0.2) is 48.7 Å². The van der Waals surface area contributed by atoms with Crippen molar-refractivity contribution < 1.29 is 49.0 Å². The second kappa shape index (κ2) is 9.01. The summed E-state index contributed by atoms with van der Waals surface area (Å²) in [6.45, 7) is 0.213. The molecule has 0 saturated carbocycles. The number of carbonyl (C=O) groups is 1. The van der Waals surface area contributed by atoms with Gasteiger partial charge in [-0.3, -0.25) is 4.90 Å². The first kappa shape index (κ1) is 25.7. The number of hydrogen-bond donors (Lipinski definition) is 0. The van der Waals surface area contributed by atoms with Gasteiger partial charge in [0.1, 0.15) is 5.15 Å². The molecule has 0 N–H and O–H groups in total. The van der Waals surface area contributed by atoms with Gasteiger partial charge in [0.2, 0.25) is 0 Å². The topological polar surface area (TPSA) is 42.4 Å². The number of nitrogens with zero attached hydrogens (tertiary/aromatic N) is 2. The van der Waals surface area contributed by atoms with Crippen LogP contribution in [0, 0.1) is 0 Å². The molecule has 2 aliphatic heterocycles. The van der Waals surface area contributed by atoms with Gasteiger partial charge >= 0.3 is 24.6 Å². The summed E-state index contributed by atoms with van der Waals surface area (Å²) in [4.78, 5) is 16.1. The van der Waals surface area contributed by atoms with Crippen LogP contribution >= 0.6 is 11.6 Å². The van der Waals surface area contributed by atoms with Crippen LogP contribution in [0.2, 0.25) is 5.15 Å². The molecule has 1 amide bonds. The standard InChI is InChI=1S/C14H9F6NO2.C6H3ClF3N/c15-13(16,17)8-4-7(5-9(6-8)14(18,19)20)11-10-2-1-3-21(10)12(22)23-11;7-5-2-1-4(3-11-5)6(8,9)10/h1-2,4-6,10-11H,3H2;1-3H. The van der Waals surface area contributed by atoms with Gasteiger partial charge in [-0.2, -0.15) is 39.5 Å². The van der Waals surface area contributed by atoms with Crippen molar-refractivity contribution in [3.05, 3.63) is 76.1 Å². The van der Waals surface area contributed by atoms with Crippen LogP contribution in [0.25, 0.3) is 0 Å². The largest absolute Gasteiger partial charge is 0.439 e. The number of benzene rings is 1. The number of carbonyl (C=O) groups excluding carboxylic acids is 1. The highest BCUT2D eigenvalue weighted by atomic mass is 35.5. The summed E-state index contributed by atoms with van der Waals surface area (Å²) >= 11 is 5.28. The van der Waals surface area contributed by atoms with Crippen molar-refractivity contribution in [1.29, 1.82) is 0 Å². The normalized spacial score (nSPS) is 20.1. The molecule has 0 radical (unpaired) electrons. The lowest BCUT2D eigenvalue weighted by Gasteiger charge is -2.19. The lowest BCUT2D eigenvalue weighted by Crippen LogP contribution is -2.28. The molecule has 4 nitrogen and oxygen atoms in total. The Labute approximate surface area is 190 Å². The first-order valence-corrected chi connectivity index (χ1v) is 9.57. The molecule has 0 aliphatic carbocycles. The fourth-order valence-electron chi connectivity index (χ4n) is 3.20. The molecule has 1 saturated heterocycles. The van der Waals surface area contributed by atoms with E-state index in [1.54, 1.807) is 6.08 Å². The average molecular weight is 519 g/mol. The van der Waals surface area contributed by atoms with Gasteiger partial charge in [-0.1, -0.05) is 23.8 Å². The van der Waals surface area contributed by atoms with E-state index < -0.39 is 53.5 Å². The number of halogens is 10. The van der Waals surface area contributed by atoms with Crippen LogP contribution in [0.5, 0.6) is 0 Å². The third-order valence-corrected chi connectivity index (χ3v) is 4.98. The van der Waals surface area contributed by atoms with Gasteiger partial charge in [0.05, 0.1) is 22.7 Å². The van der Waals surface area contributed by atoms with E-state index in [2.05, 4.69) is 4.98 Å². The Morgan fingerprint density at radius 2 is 1.44 bits per heavy atom. The summed E-state index contributed by atoms with van der Waals surface area (Å²) in [6.07, 6.45) is -12.4. The van der Waals surface area contributed by atoms with Crippen molar-refractivity contribution in [2.45, 2.75) is 30.7 Å². The van der Waals surface area contributed by atoms with Crippen molar-refractivity contribution in [3.63, 3.8) is 0 Å². The SMILES string of the molecule is FC(F)(F)c1ccc(Cl)nc1.O=C1OC(c2cc(C(F)(F)F)cc(C(F)(F)F)c2)C2C=CCN12. The van der Waals surface area contributed by atoms with Gasteiger partial charge < -0.3 is 4.74 Å². The van der Waals surface area contributed by atoms with Crippen LogP contribution in [-0.2, 0) is 23.3 Å². The van der Waals surface area contributed by atoms with Gasteiger partial charge in [-0.15, -0.1) is 0 Å². The number of amides is 1. The summed E-state index contributed by atoms with van der Waals surface area (Å²) in [6, 6.07) is 2.50. The van der Waals surface area contributed by atoms with Gasteiger partial charge in [0, 0.05) is 12.7 Å². The van der Waals surface area contributed by atoms with E-state index in [0.29, 0.717) is 18.3 Å². The second-order valence-electron chi connectivity index (χ2n) is 7.08. The Bertz CT molecular complexity index is 1050. The van der Waals surface area contributed by atoms with Crippen molar-refractivity contribution in [1.82, 2.24) is 9.88 Å². The molecule has 34 heavy (non-hydrogen) atoms. The van der Waals surface area contributed by atoms with E-state index in [9.17, 15) is 44.3 Å². The molecule has 14 heteroatoms. The van der Waals surface area contributed by atoms with Crippen molar-refractivity contribution in [2.24, 2.45) is 0 Å². The lowest BCUT2D eigenvalue weighted by molar-refractivity contribution is -0.143. The Morgan fingerprint density at radius 3 is 1.91 bits per heavy atom. The lowest BCUT2D eigenvalue weighted by atomic mass is 9.97. The summed E-state index contributed by atoms with van der Waals surface area (Å²) in [7, 11) is 0. The maximum atomic E-state index is 12.9. The molecule has 2 unspecified atom stereocenters. The highest BCUT2D eigenvalue weighted by Gasteiger charge is 2.45. The minimum absolute atomic E-state index is 0.0442. The molecule has 0 spiro atoms. The fraction of sp³-hybridized carbons (Fsp3) is 0.300. The predicted octanol–water partition coefficient (Wildman–Crippen LogP) is 6.91. The summed E-state index contributed by atoms with van der Waals surface area (Å²) in [5, 5.41) is 0.0537. The zero-order valence-electron chi connectivity index (χ0n) is 16.5. The van der Waals surface area contributed by atoms with Gasteiger partial charge in [0.15, 0.2) is 6.10 Å². The highest BCUT2D eigenvalue weighted by Crippen LogP contribution is 2.41. The average Bonchev–Trinajstić information content (AvgIpc) is 3.31. The van der Waals surface area contributed by atoms with Gasteiger partial charge in [-0.05, 0) is 35.9 Å². The van der Waals surface area contributed by atoms with Gasteiger partial charge in [0.25, 0.3) is 0 Å². The number of pyridine rings is 1. The van der Waals surface area contributed by atoms with E-state index in [4.69, 9.17) is 16.3 Å².